The maximum absolute atomic E-state index is 11.8. The van der Waals surface area contributed by atoms with E-state index in [1.807, 2.05) is 48.7 Å². The summed E-state index contributed by atoms with van der Waals surface area (Å²) in [4.78, 5) is 15.0. The standard InChI is InChI=1S/C27H27NO3/c29-26(17-12-19-10-13-21(14-11-19)20-6-2-1-3-7-20)24(27(30)31)16-15-22-18-28-25-9-5-4-8-23(22)25/h1-11,13-14,18,24,26,28-29H,12,15-17H2,(H,30,31)/t24-,26-/m1/s1. The number of hydrogen-bond acceptors (Lipinski definition) is 2. The Hall–Kier alpha value is -3.37. The number of benzene rings is 3. The Morgan fingerprint density at radius 1 is 0.806 bits per heavy atom. The van der Waals surface area contributed by atoms with Gasteiger partial charge in [0.15, 0.2) is 0 Å². The van der Waals surface area contributed by atoms with Crippen LogP contribution in [0.3, 0.4) is 0 Å². The number of aliphatic carboxylic acids is 1. The van der Waals surface area contributed by atoms with E-state index in [1.54, 1.807) is 0 Å². The lowest BCUT2D eigenvalue weighted by atomic mass is 9.90. The summed E-state index contributed by atoms with van der Waals surface area (Å²) in [7, 11) is 0. The van der Waals surface area contributed by atoms with Gasteiger partial charge in [0.1, 0.15) is 0 Å². The number of aliphatic hydroxyl groups is 1. The number of para-hydroxylation sites is 1. The average molecular weight is 414 g/mol. The van der Waals surface area contributed by atoms with Crippen LogP contribution in [0.15, 0.2) is 85.1 Å². The summed E-state index contributed by atoms with van der Waals surface area (Å²) < 4.78 is 0. The quantitative estimate of drug-likeness (QED) is 0.341. The molecule has 0 bridgehead atoms. The number of aliphatic hydroxyl groups excluding tert-OH is 1. The molecule has 0 aliphatic heterocycles. The van der Waals surface area contributed by atoms with Crippen LogP contribution in [-0.2, 0) is 17.6 Å². The van der Waals surface area contributed by atoms with Crippen LogP contribution in [0, 0.1) is 5.92 Å². The van der Waals surface area contributed by atoms with Crippen LogP contribution in [0.2, 0.25) is 0 Å². The molecular formula is C27H27NO3. The normalized spacial score (nSPS) is 13.2. The summed E-state index contributed by atoms with van der Waals surface area (Å²) in [5.74, 6) is -1.72. The van der Waals surface area contributed by atoms with Crippen molar-refractivity contribution in [3.63, 3.8) is 0 Å². The number of aryl methyl sites for hydroxylation is 2. The van der Waals surface area contributed by atoms with E-state index in [0.717, 1.165) is 33.2 Å². The van der Waals surface area contributed by atoms with Gasteiger partial charge in [-0.1, -0.05) is 72.8 Å². The lowest BCUT2D eigenvalue weighted by Crippen LogP contribution is -2.29. The van der Waals surface area contributed by atoms with Gasteiger partial charge in [0.25, 0.3) is 0 Å². The van der Waals surface area contributed by atoms with Crippen LogP contribution in [0.1, 0.15) is 24.0 Å². The van der Waals surface area contributed by atoms with Gasteiger partial charge in [-0.25, -0.2) is 0 Å². The second-order valence-electron chi connectivity index (χ2n) is 8.01. The molecule has 1 aromatic heterocycles. The van der Waals surface area contributed by atoms with Crippen molar-refractivity contribution in [2.75, 3.05) is 0 Å². The Labute approximate surface area is 182 Å². The van der Waals surface area contributed by atoms with E-state index in [2.05, 4.69) is 41.4 Å². The molecule has 31 heavy (non-hydrogen) atoms. The molecule has 0 unspecified atom stereocenters. The number of aromatic amines is 1. The van der Waals surface area contributed by atoms with Gasteiger partial charge in [0, 0.05) is 17.1 Å². The lowest BCUT2D eigenvalue weighted by molar-refractivity contribution is -0.146. The monoisotopic (exact) mass is 413 g/mol. The van der Waals surface area contributed by atoms with Crippen LogP contribution in [0.5, 0.6) is 0 Å². The van der Waals surface area contributed by atoms with Gasteiger partial charge in [0.2, 0.25) is 0 Å². The van der Waals surface area contributed by atoms with Crippen molar-refractivity contribution in [3.8, 4) is 11.1 Å². The summed E-state index contributed by atoms with van der Waals surface area (Å²) in [6.45, 7) is 0. The van der Waals surface area contributed by atoms with E-state index in [4.69, 9.17) is 0 Å². The zero-order valence-electron chi connectivity index (χ0n) is 17.4. The SMILES string of the molecule is O=C(O)[C@H](CCc1c[nH]c2ccccc12)[C@H](O)CCc1ccc(-c2ccccc2)cc1. The van der Waals surface area contributed by atoms with Gasteiger partial charge in [-0.15, -0.1) is 0 Å². The molecular weight excluding hydrogens is 386 g/mol. The Morgan fingerprint density at radius 2 is 1.48 bits per heavy atom. The molecule has 0 aliphatic rings. The van der Waals surface area contributed by atoms with E-state index in [0.29, 0.717) is 25.7 Å². The zero-order valence-corrected chi connectivity index (χ0v) is 17.4. The topological polar surface area (TPSA) is 73.3 Å². The van der Waals surface area contributed by atoms with Crippen LogP contribution in [0.4, 0.5) is 0 Å². The van der Waals surface area contributed by atoms with Crippen molar-refractivity contribution in [1.82, 2.24) is 4.98 Å². The van der Waals surface area contributed by atoms with Crippen molar-refractivity contribution < 1.29 is 15.0 Å². The van der Waals surface area contributed by atoms with E-state index < -0.39 is 18.0 Å². The number of carboxylic acids is 1. The number of rotatable bonds is 9. The van der Waals surface area contributed by atoms with Gasteiger partial charge >= 0.3 is 5.97 Å². The third kappa shape index (κ3) is 5.04. The highest BCUT2D eigenvalue weighted by Crippen LogP contribution is 2.24. The van der Waals surface area contributed by atoms with E-state index >= 15 is 0 Å². The summed E-state index contributed by atoms with van der Waals surface area (Å²) in [6.07, 6.45) is 3.15. The van der Waals surface area contributed by atoms with Gasteiger partial charge in [-0.3, -0.25) is 4.79 Å². The number of carbonyl (C=O) groups is 1. The first-order chi connectivity index (χ1) is 15.1. The van der Waals surface area contributed by atoms with E-state index in [1.165, 1.54) is 0 Å². The second kappa shape index (κ2) is 9.63. The highest BCUT2D eigenvalue weighted by molar-refractivity contribution is 5.83. The Morgan fingerprint density at radius 3 is 2.23 bits per heavy atom. The fourth-order valence-electron chi connectivity index (χ4n) is 4.14. The first-order valence-corrected chi connectivity index (χ1v) is 10.7. The summed E-state index contributed by atoms with van der Waals surface area (Å²) in [5.41, 5.74) is 5.54. The lowest BCUT2D eigenvalue weighted by Gasteiger charge is -2.19. The van der Waals surface area contributed by atoms with Crippen LogP contribution < -0.4 is 0 Å². The Kier molecular flexibility index (Phi) is 6.48. The number of nitrogens with one attached hydrogen (secondary N) is 1. The minimum atomic E-state index is -0.938. The highest BCUT2D eigenvalue weighted by Gasteiger charge is 2.26. The molecule has 3 N–H and O–H groups in total. The average Bonchev–Trinajstić information content (AvgIpc) is 3.22. The maximum atomic E-state index is 11.8. The van der Waals surface area contributed by atoms with Crippen molar-refractivity contribution in [1.29, 1.82) is 0 Å². The molecule has 0 spiro atoms. The smallest absolute Gasteiger partial charge is 0.309 e. The number of hydrogen-bond donors (Lipinski definition) is 3. The number of H-pyrrole nitrogens is 1. The molecule has 4 aromatic rings. The molecule has 0 saturated heterocycles. The summed E-state index contributed by atoms with van der Waals surface area (Å²) >= 11 is 0. The van der Waals surface area contributed by atoms with Crippen LogP contribution in [0.25, 0.3) is 22.0 Å². The van der Waals surface area contributed by atoms with Crippen molar-refractivity contribution in [2.24, 2.45) is 5.92 Å². The zero-order chi connectivity index (χ0) is 21.6. The van der Waals surface area contributed by atoms with Gasteiger partial charge in [-0.05, 0) is 54.0 Å². The second-order valence-corrected chi connectivity index (χ2v) is 8.01. The van der Waals surface area contributed by atoms with Gasteiger partial charge in [-0.2, -0.15) is 0 Å². The first kappa shape index (κ1) is 20.9. The number of fused-ring (bicyclic) bond motifs is 1. The minimum absolute atomic E-state index is 0.408. The highest BCUT2D eigenvalue weighted by atomic mass is 16.4. The predicted molar refractivity (Wildman–Crippen MR) is 124 cm³/mol. The predicted octanol–water partition coefficient (Wildman–Crippen LogP) is 5.46. The van der Waals surface area contributed by atoms with Gasteiger partial charge < -0.3 is 15.2 Å². The molecule has 2 atom stereocenters. The van der Waals surface area contributed by atoms with Gasteiger partial charge in [0.05, 0.1) is 12.0 Å². The Bertz CT molecular complexity index is 1130. The molecule has 0 aliphatic carbocycles. The fourth-order valence-corrected chi connectivity index (χ4v) is 4.14. The number of aromatic nitrogens is 1. The molecule has 4 heteroatoms. The molecule has 4 rings (SSSR count). The minimum Gasteiger partial charge on any atom is -0.481 e. The molecule has 0 radical (unpaired) electrons. The number of carboxylic acid groups (broad SMARTS) is 1. The first-order valence-electron chi connectivity index (χ1n) is 10.7. The largest absolute Gasteiger partial charge is 0.481 e. The summed E-state index contributed by atoms with van der Waals surface area (Å²) in [5, 5.41) is 21.4. The Balaban J connectivity index is 1.35. The molecule has 158 valence electrons. The summed E-state index contributed by atoms with van der Waals surface area (Å²) in [6, 6.07) is 26.4. The maximum Gasteiger partial charge on any atom is 0.309 e. The molecule has 0 saturated carbocycles. The van der Waals surface area contributed by atoms with Crippen molar-refractivity contribution in [2.45, 2.75) is 31.8 Å². The molecule has 3 aromatic carbocycles. The van der Waals surface area contributed by atoms with E-state index in [-0.39, 0.29) is 0 Å². The molecule has 4 nitrogen and oxygen atoms in total. The van der Waals surface area contributed by atoms with Crippen LogP contribution >= 0.6 is 0 Å². The molecule has 0 amide bonds. The van der Waals surface area contributed by atoms with Crippen LogP contribution in [-0.4, -0.2) is 27.3 Å². The van der Waals surface area contributed by atoms with E-state index in [9.17, 15) is 15.0 Å². The molecule has 0 fully saturated rings. The fraction of sp³-hybridized carbons (Fsp3) is 0.222. The van der Waals surface area contributed by atoms with Crippen molar-refractivity contribution in [3.05, 3.63) is 96.2 Å². The van der Waals surface area contributed by atoms with Crippen molar-refractivity contribution >= 4 is 16.9 Å². The third-order valence-corrected chi connectivity index (χ3v) is 5.97. The molecule has 1 heterocycles. The third-order valence-electron chi connectivity index (χ3n) is 5.97.